The van der Waals surface area contributed by atoms with Gasteiger partial charge < -0.3 is 14.8 Å². The maximum atomic E-state index is 10.9. The Morgan fingerprint density at radius 2 is 2.17 bits per heavy atom. The van der Waals surface area contributed by atoms with E-state index >= 15 is 0 Å². The number of hydrogen-bond donors (Lipinski definition) is 1. The largest absolute Gasteiger partial charge is 0.447 e. The molecule has 0 aromatic carbocycles. The lowest BCUT2D eigenvalue weighted by atomic mass is 10.3. The molecule has 0 rings (SSSR count). The van der Waals surface area contributed by atoms with Gasteiger partial charge >= 0.3 is 6.09 Å². The Labute approximate surface area is 72.3 Å². The van der Waals surface area contributed by atoms with Gasteiger partial charge in [-0.1, -0.05) is 6.92 Å². The van der Waals surface area contributed by atoms with E-state index in [1.165, 1.54) is 0 Å². The van der Waals surface area contributed by atoms with Crippen molar-refractivity contribution in [3.63, 3.8) is 0 Å². The minimum atomic E-state index is -0.538. The van der Waals surface area contributed by atoms with Gasteiger partial charge in [-0.2, -0.15) is 0 Å². The van der Waals surface area contributed by atoms with Crippen molar-refractivity contribution in [3.8, 4) is 0 Å². The van der Waals surface area contributed by atoms with E-state index in [1.807, 2.05) is 6.92 Å². The van der Waals surface area contributed by atoms with E-state index in [2.05, 4.69) is 5.32 Å². The predicted octanol–water partition coefficient (Wildman–Crippen LogP) is 1.10. The van der Waals surface area contributed by atoms with Crippen molar-refractivity contribution >= 4 is 12.4 Å². The fraction of sp³-hybridized carbons (Fsp3) is 0.750. The number of carbonyl (C=O) groups excluding carboxylic acids is 2. The second-order valence-corrected chi connectivity index (χ2v) is 2.69. The van der Waals surface area contributed by atoms with E-state index in [0.717, 1.165) is 6.42 Å². The first kappa shape index (κ1) is 10.9. The van der Waals surface area contributed by atoms with Crippen LogP contribution in [0.5, 0.6) is 0 Å². The molecule has 0 aliphatic rings. The van der Waals surface area contributed by atoms with Crippen LogP contribution in [0.25, 0.3) is 0 Å². The first-order valence-corrected chi connectivity index (χ1v) is 4.02. The Hall–Kier alpha value is -1.06. The van der Waals surface area contributed by atoms with E-state index in [0.29, 0.717) is 6.29 Å². The Kier molecular flexibility index (Phi) is 5.08. The SMILES string of the molecule is CCC(C)OC(=O)NC(C)C=O. The van der Waals surface area contributed by atoms with Crippen molar-refractivity contribution in [1.82, 2.24) is 5.32 Å². The van der Waals surface area contributed by atoms with E-state index < -0.39 is 12.1 Å². The fourth-order valence-electron chi connectivity index (χ4n) is 0.520. The highest BCUT2D eigenvalue weighted by atomic mass is 16.6. The summed E-state index contributed by atoms with van der Waals surface area (Å²) < 4.78 is 4.86. The molecule has 1 N–H and O–H groups in total. The van der Waals surface area contributed by atoms with Gasteiger partial charge in [-0.15, -0.1) is 0 Å². The highest BCUT2D eigenvalue weighted by molar-refractivity contribution is 5.72. The number of hydrogen-bond acceptors (Lipinski definition) is 3. The second-order valence-electron chi connectivity index (χ2n) is 2.69. The van der Waals surface area contributed by atoms with E-state index in [9.17, 15) is 9.59 Å². The average Bonchev–Trinajstić information content (AvgIpc) is 2.03. The third-order valence-electron chi connectivity index (χ3n) is 1.43. The van der Waals surface area contributed by atoms with Crippen LogP contribution in [0.4, 0.5) is 4.79 Å². The van der Waals surface area contributed by atoms with Crippen LogP contribution in [0.3, 0.4) is 0 Å². The summed E-state index contributed by atoms with van der Waals surface area (Å²) in [4.78, 5) is 21.0. The zero-order valence-corrected chi connectivity index (χ0v) is 7.66. The van der Waals surface area contributed by atoms with Crippen molar-refractivity contribution in [2.24, 2.45) is 0 Å². The molecule has 70 valence electrons. The molecular weight excluding hydrogens is 158 g/mol. The molecule has 0 fully saturated rings. The second kappa shape index (κ2) is 5.57. The molecule has 4 nitrogen and oxygen atoms in total. The Morgan fingerprint density at radius 1 is 1.58 bits per heavy atom. The molecule has 0 aliphatic carbocycles. The zero-order valence-electron chi connectivity index (χ0n) is 7.66. The van der Waals surface area contributed by atoms with Crippen LogP contribution in [0, 0.1) is 0 Å². The topological polar surface area (TPSA) is 55.4 Å². The number of nitrogens with one attached hydrogen (secondary N) is 1. The van der Waals surface area contributed by atoms with Gasteiger partial charge in [0.15, 0.2) is 0 Å². The summed E-state index contributed by atoms with van der Waals surface area (Å²) >= 11 is 0. The lowest BCUT2D eigenvalue weighted by Crippen LogP contribution is -2.35. The van der Waals surface area contributed by atoms with Crippen molar-refractivity contribution in [1.29, 1.82) is 0 Å². The van der Waals surface area contributed by atoms with Gasteiger partial charge in [0.25, 0.3) is 0 Å². The summed E-state index contributed by atoms with van der Waals surface area (Å²) in [6.07, 6.45) is 0.772. The van der Waals surface area contributed by atoms with Gasteiger partial charge in [-0.25, -0.2) is 4.79 Å². The van der Waals surface area contributed by atoms with Gasteiger partial charge in [-0.05, 0) is 20.3 Å². The van der Waals surface area contributed by atoms with Crippen molar-refractivity contribution in [3.05, 3.63) is 0 Å². The van der Waals surface area contributed by atoms with Crippen LogP contribution >= 0.6 is 0 Å². The number of alkyl carbamates (subject to hydrolysis) is 1. The quantitative estimate of drug-likeness (QED) is 0.647. The molecule has 0 aliphatic heterocycles. The van der Waals surface area contributed by atoms with Crippen molar-refractivity contribution < 1.29 is 14.3 Å². The molecule has 0 aromatic heterocycles. The van der Waals surface area contributed by atoms with Crippen LogP contribution in [0.15, 0.2) is 0 Å². The number of carbonyl (C=O) groups is 2. The summed E-state index contributed by atoms with van der Waals surface area (Å²) in [6, 6.07) is -0.485. The molecular formula is C8H15NO3. The van der Waals surface area contributed by atoms with Gasteiger partial charge in [0.1, 0.15) is 12.4 Å². The summed E-state index contributed by atoms with van der Waals surface area (Å²) in [5, 5.41) is 2.37. The first-order valence-electron chi connectivity index (χ1n) is 4.02. The summed E-state index contributed by atoms with van der Waals surface area (Å²) in [5.41, 5.74) is 0. The highest BCUT2D eigenvalue weighted by Crippen LogP contribution is 1.95. The fourth-order valence-corrected chi connectivity index (χ4v) is 0.520. The van der Waals surface area contributed by atoms with Gasteiger partial charge in [-0.3, -0.25) is 0 Å². The minimum absolute atomic E-state index is 0.108. The molecule has 0 heterocycles. The molecule has 0 radical (unpaired) electrons. The molecule has 12 heavy (non-hydrogen) atoms. The van der Waals surface area contributed by atoms with Crippen molar-refractivity contribution in [2.45, 2.75) is 39.3 Å². The lowest BCUT2D eigenvalue weighted by molar-refractivity contribution is -0.109. The van der Waals surface area contributed by atoms with Crippen LogP contribution < -0.4 is 5.32 Å². The maximum absolute atomic E-state index is 10.9. The van der Waals surface area contributed by atoms with E-state index in [-0.39, 0.29) is 6.10 Å². The number of aldehydes is 1. The lowest BCUT2D eigenvalue weighted by Gasteiger charge is -2.12. The molecule has 2 unspecified atom stereocenters. The van der Waals surface area contributed by atoms with Crippen molar-refractivity contribution in [2.75, 3.05) is 0 Å². The van der Waals surface area contributed by atoms with Crippen LogP contribution in [0.2, 0.25) is 0 Å². The first-order chi connectivity index (χ1) is 5.60. The van der Waals surface area contributed by atoms with Gasteiger partial charge in [0.05, 0.1) is 6.04 Å². The van der Waals surface area contributed by atoms with E-state index in [4.69, 9.17) is 4.74 Å². The molecule has 0 aromatic rings. The Bertz CT molecular complexity index is 158. The summed E-state index contributed by atoms with van der Waals surface area (Å²) in [6.45, 7) is 5.30. The van der Waals surface area contributed by atoms with E-state index in [1.54, 1.807) is 13.8 Å². The third kappa shape index (κ3) is 4.71. The smallest absolute Gasteiger partial charge is 0.407 e. The number of amides is 1. The molecule has 1 amide bonds. The number of ether oxygens (including phenoxy) is 1. The molecule has 0 spiro atoms. The molecule has 4 heteroatoms. The maximum Gasteiger partial charge on any atom is 0.407 e. The number of rotatable bonds is 4. The highest BCUT2D eigenvalue weighted by Gasteiger charge is 2.09. The average molecular weight is 173 g/mol. The Balaban J connectivity index is 3.66. The standard InChI is InChI=1S/C8H15NO3/c1-4-7(3)12-8(11)9-6(2)5-10/h5-7H,4H2,1-3H3,(H,9,11). The van der Waals surface area contributed by atoms with Gasteiger partial charge in [0, 0.05) is 0 Å². The molecule has 0 saturated heterocycles. The Morgan fingerprint density at radius 3 is 2.58 bits per heavy atom. The normalized spacial score (nSPS) is 14.6. The summed E-state index contributed by atoms with van der Waals surface area (Å²) in [7, 11) is 0. The molecule has 0 bridgehead atoms. The summed E-state index contributed by atoms with van der Waals surface area (Å²) in [5.74, 6) is 0. The van der Waals surface area contributed by atoms with Gasteiger partial charge in [0.2, 0.25) is 0 Å². The monoisotopic (exact) mass is 173 g/mol. The van der Waals surface area contributed by atoms with Crippen LogP contribution in [0.1, 0.15) is 27.2 Å². The molecule has 2 atom stereocenters. The molecule has 0 saturated carbocycles. The predicted molar refractivity (Wildman–Crippen MR) is 44.9 cm³/mol. The van der Waals surface area contributed by atoms with Crippen LogP contribution in [-0.4, -0.2) is 24.5 Å². The zero-order chi connectivity index (χ0) is 9.56. The minimum Gasteiger partial charge on any atom is -0.447 e. The third-order valence-corrected chi connectivity index (χ3v) is 1.43. The van der Waals surface area contributed by atoms with Crippen LogP contribution in [-0.2, 0) is 9.53 Å².